The molecule has 0 bridgehead atoms. The molecule has 4 nitrogen and oxygen atoms in total. The van der Waals surface area contributed by atoms with Gasteiger partial charge in [-0.3, -0.25) is 9.78 Å². The summed E-state index contributed by atoms with van der Waals surface area (Å²) < 4.78 is 4.49. The molecule has 0 amide bonds. The summed E-state index contributed by atoms with van der Waals surface area (Å²) in [4.78, 5) is 26.4. The molecule has 1 heterocycles. The minimum absolute atomic E-state index is 0.00352. The Labute approximate surface area is 87.6 Å². The van der Waals surface area contributed by atoms with Gasteiger partial charge in [0.05, 0.1) is 12.8 Å². The predicted molar refractivity (Wildman–Crippen MR) is 54.9 cm³/mol. The van der Waals surface area contributed by atoms with E-state index in [0.717, 1.165) is 0 Å². The minimum atomic E-state index is -0.645. The first kappa shape index (κ1) is 11.1. The number of Topliss-reactive ketones (excluding diaryl/α,β-unsaturated/α-hetero) is 1. The Morgan fingerprint density at radius 1 is 1.40 bits per heavy atom. The van der Waals surface area contributed by atoms with Gasteiger partial charge in [-0.15, -0.1) is 0 Å². The van der Waals surface area contributed by atoms with Crippen molar-refractivity contribution in [3.63, 3.8) is 0 Å². The summed E-state index contributed by atoms with van der Waals surface area (Å²) >= 11 is 0. The van der Waals surface area contributed by atoms with E-state index in [0.29, 0.717) is 5.69 Å². The van der Waals surface area contributed by atoms with E-state index in [1.807, 2.05) is 0 Å². The van der Waals surface area contributed by atoms with Crippen LogP contribution in [0.25, 0.3) is 6.08 Å². The number of ether oxygens (including phenoxy) is 1. The Bertz CT molecular complexity index is 396. The topological polar surface area (TPSA) is 56.3 Å². The first-order valence-electron chi connectivity index (χ1n) is 4.37. The standard InChI is InChI=1S/C11H11NO3/c1-8(13)10(11(14)15-2)7-9-5-3-4-6-12-9/h3-7H,1-2H3. The van der Waals surface area contributed by atoms with Gasteiger partial charge in [0.15, 0.2) is 5.78 Å². The third kappa shape index (κ3) is 3.02. The van der Waals surface area contributed by atoms with Crippen LogP contribution in [0.15, 0.2) is 30.0 Å². The number of pyridine rings is 1. The van der Waals surface area contributed by atoms with Crippen molar-refractivity contribution in [1.29, 1.82) is 0 Å². The highest BCUT2D eigenvalue weighted by Crippen LogP contribution is 2.06. The van der Waals surface area contributed by atoms with Crippen molar-refractivity contribution in [1.82, 2.24) is 4.98 Å². The second-order valence-electron chi connectivity index (χ2n) is 2.86. The molecule has 0 N–H and O–H groups in total. The van der Waals surface area contributed by atoms with Crippen molar-refractivity contribution in [2.45, 2.75) is 6.92 Å². The van der Waals surface area contributed by atoms with Crippen LogP contribution in [0.1, 0.15) is 12.6 Å². The third-order valence-corrected chi connectivity index (χ3v) is 1.76. The Morgan fingerprint density at radius 3 is 2.60 bits per heavy atom. The maximum Gasteiger partial charge on any atom is 0.341 e. The SMILES string of the molecule is COC(=O)C(=Cc1ccccn1)C(C)=O. The summed E-state index contributed by atoms with van der Waals surface area (Å²) in [5.74, 6) is -0.986. The van der Waals surface area contributed by atoms with Crippen LogP contribution in [0.4, 0.5) is 0 Å². The van der Waals surface area contributed by atoms with E-state index in [9.17, 15) is 9.59 Å². The normalized spacial score (nSPS) is 10.9. The molecule has 1 aromatic rings. The fraction of sp³-hybridized carbons (Fsp3) is 0.182. The van der Waals surface area contributed by atoms with Crippen LogP contribution in [0.2, 0.25) is 0 Å². The lowest BCUT2D eigenvalue weighted by molar-refractivity contribution is -0.137. The number of ketones is 1. The summed E-state index contributed by atoms with van der Waals surface area (Å²) in [5, 5.41) is 0. The van der Waals surface area contributed by atoms with Crippen LogP contribution >= 0.6 is 0 Å². The molecule has 0 atom stereocenters. The fourth-order valence-electron chi connectivity index (χ4n) is 1.02. The largest absolute Gasteiger partial charge is 0.465 e. The second kappa shape index (κ2) is 5.05. The van der Waals surface area contributed by atoms with Crippen LogP contribution < -0.4 is 0 Å². The smallest absolute Gasteiger partial charge is 0.341 e. The number of rotatable bonds is 3. The van der Waals surface area contributed by atoms with E-state index in [-0.39, 0.29) is 11.4 Å². The van der Waals surface area contributed by atoms with Gasteiger partial charge >= 0.3 is 5.97 Å². The van der Waals surface area contributed by atoms with Gasteiger partial charge in [-0.1, -0.05) is 6.07 Å². The first-order valence-corrected chi connectivity index (χ1v) is 4.37. The number of hydrogen-bond acceptors (Lipinski definition) is 4. The van der Waals surface area contributed by atoms with Crippen LogP contribution in [-0.4, -0.2) is 23.8 Å². The summed E-state index contributed by atoms with van der Waals surface area (Å²) in [6, 6.07) is 5.22. The zero-order valence-electron chi connectivity index (χ0n) is 8.56. The molecule has 1 rings (SSSR count). The Balaban J connectivity index is 3.05. The van der Waals surface area contributed by atoms with E-state index in [4.69, 9.17) is 0 Å². The van der Waals surface area contributed by atoms with E-state index in [1.165, 1.54) is 20.1 Å². The van der Waals surface area contributed by atoms with Crippen molar-refractivity contribution >= 4 is 17.8 Å². The van der Waals surface area contributed by atoms with Crippen LogP contribution in [0, 0.1) is 0 Å². The number of nitrogens with zero attached hydrogens (tertiary/aromatic N) is 1. The zero-order chi connectivity index (χ0) is 11.3. The van der Waals surface area contributed by atoms with E-state index < -0.39 is 5.97 Å². The summed E-state index contributed by atoms with van der Waals surface area (Å²) in [7, 11) is 1.23. The molecule has 0 saturated carbocycles. The molecule has 0 aromatic carbocycles. The molecule has 0 radical (unpaired) electrons. The number of methoxy groups -OCH3 is 1. The number of esters is 1. The molecule has 0 fully saturated rings. The molecule has 4 heteroatoms. The zero-order valence-corrected chi connectivity index (χ0v) is 8.56. The van der Waals surface area contributed by atoms with Crippen LogP contribution in [0.5, 0.6) is 0 Å². The molecule has 0 aliphatic carbocycles. The lowest BCUT2D eigenvalue weighted by Gasteiger charge is -2.00. The lowest BCUT2D eigenvalue weighted by Crippen LogP contribution is -2.11. The molecular formula is C11H11NO3. The highest BCUT2D eigenvalue weighted by Gasteiger charge is 2.14. The minimum Gasteiger partial charge on any atom is -0.465 e. The molecule has 0 spiro atoms. The number of hydrogen-bond donors (Lipinski definition) is 0. The van der Waals surface area contributed by atoms with Crippen molar-refractivity contribution in [2.75, 3.05) is 7.11 Å². The van der Waals surface area contributed by atoms with E-state index in [1.54, 1.807) is 24.4 Å². The highest BCUT2D eigenvalue weighted by molar-refractivity contribution is 6.19. The molecule has 0 aliphatic rings. The van der Waals surface area contributed by atoms with Crippen molar-refractivity contribution in [2.24, 2.45) is 0 Å². The molecular weight excluding hydrogens is 194 g/mol. The summed E-state index contributed by atoms with van der Waals surface area (Å²) in [6.45, 7) is 1.31. The second-order valence-corrected chi connectivity index (χ2v) is 2.86. The van der Waals surface area contributed by atoms with Crippen LogP contribution in [0.3, 0.4) is 0 Å². The molecule has 15 heavy (non-hydrogen) atoms. The maximum absolute atomic E-state index is 11.2. The first-order chi connectivity index (χ1) is 7.15. The fourth-order valence-corrected chi connectivity index (χ4v) is 1.02. The Kier molecular flexibility index (Phi) is 3.74. The van der Waals surface area contributed by atoms with Gasteiger partial charge in [-0.2, -0.15) is 0 Å². The van der Waals surface area contributed by atoms with Crippen molar-refractivity contribution < 1.29 is 14.3 Å². The van der Waals surface area contributed by atoms with Gasteiger partial charge in [0, 0.05) is 6.20 Å². The molecule has 0 aliphatic heterocycles. The molecule has 0 unspecified atom stereocenters. The molecule has 0 saturated heterocycles. The molecule has 78 valence electrons. The quantitative estimate of drug-likeness (QED) is 0.322. The summed E-state index contributed by atoms with van der Waals surface area (Å²) in [6.07, 6.45) is 3.00. The Morgan fingerprint density at radius 2 is 2.13 bits per heavy atom. The van der Waals surface area contributed by atoms with Gasteiger partial charge in [-0.05, 0) is 25.1 Å². The average molecular weight is 205 g/mol. The van der Waals surface area contributed by atoms with Gasteiger partial charge in [-0.25, -0.2) is 4.79 Å². The number of aromatic nitrogens is 1. The van der Waals surface area contributed by atoms with Gasteiger partial charge in [0.1, 0.15) is 5.57 Å². The monoisotopic (exact) mass is 205 g/mol. The van der Waals surface area contributed by atoms with Crippen LogP contribution in [-0.2, 0) is 14.3 Å². The Hall–Kier alpha value is -1.97. The summed E-state index contributed by atoms with van der Waals surface area (Å²) in [5.41, 5.74) is 0.546. The number of carbonyl (C=O) groups excluding carboxylic acids is 2. The van der Waals surface area contributed by atoms with Gasteiger partial charge in [0.2, 0.25) is 0 Å². The van der Waals surface area contributed by atoms with Crippen molar-refractivity contribution in [3.8, 4) is 0 Å². The highest BCUT2D eigenvalue weighted by atomic mass is 16.5. The van der Waals surface area contributed by atoms with Gasteiger partial charge < -0.3 is 4.74 Å². The van der Waals surface area contributed by atoms with Crippen molar-refractivity contribution in [3.05, 3.63) is 35.7 Å². The average Bonchev–Trinajstić information content (AvgIpc) is 2.26. The molecule has 1 aromatic heterocycles. The van der Waals surface area contributed by atoms with E-state index >= 15 is 0 Å². The van der Waals surface area contributed by atoms with Gasteiger partial charge in [0.25, 0.3) is 0 Å². The maximum atomic E-state index is 11.2. The third-order valence-electron chi connectivity index (χ3n) is 1.76. The van der Waals surface area contributed by atoms with E-state index in [2.05, 4.69) is 9.72 Å². The lowest BCUT2D eigenvalue weighted by atomic mass is 10.1. The number of carbonyl (C=O) groups is 2. The predicted octanol–water partition coefficient (Wildman–Crippen LogP) is 1.23.